The van der Waals surface area contributed by atoms with E-state index in [2.05, 4.69) is 5.32 Å². The van der Waals surface area contributed by atoms with Crippen molar-refractivity contribution in [3.8, 4) is 11.5 Å². The number of aryl methyl sites for hydroxylation is 1. The number of nitrogens with two attached hydrogens (primary N) is 1. The van der Waals surface area contributed by atoms with E-state index >= 15 is 0 Å². The number of ether oxygens (including phenoxy) is 1. The molecule has 3 N–H and O–H groups in total. The van der Waals surface area contributed by atoms with E-state index < -0.39 is 0 Å². The first-order valence-corrected chi connectivity index (χ1v) is 6.07. The molecule has 2 aromatic rings. The molecule has 0 atom stereocenters. The quantitative estimate of drug-likeness (QED) is 0.846. The Labute approximate surface area is 116 Å². The number of carbonyl (C=O) groups is 1. The fourth-order valence-corrected chi connectivity index (χ4v) is 1.75. The number of nitrogen functional groups attached to an aromatic ring is 1. The first-order valence-electron chi connectivity index (χ1n) is 6.07. The van der Waals surface area contributed by atoms with Gasteiger partial charge < -0.3 is 15.8 Å². The van der Waals surface area contributed by atoms with Gasteiger partial charge in [-0.15, -0.1) is 0 Å². The highest BCUT2D eigenvalue weighted by Crippen LogP contribution is 2.28. The van der Waals surface area contributed by atoms with Crippen molar-refractivity contribution in [3.05, 3.63) is 53.3 Å². The molecule has 0 aliphatic carbocycles. The van der Waals surface area contributed by atoms with Crippen molar-refractivity contribution in [2.24, 2.45) is 0 Å². The van der Waals surface area contributed by atoms with Gasteiger partial charge in [0.05, 0.1) is 5.56 Å². The molecule has 2 rings (SSSR count). The summed E-state index contributed by atoms with van der Waals surface area (Å²) in [4.78, 5) is 11.8. The Hall–Kier alpha value is -2.56. The fraction of sp³-hybridized carbons (Fsp3) is 0.133. The molecular weight excluding hydrogens is 259 g/mol. The maximum Gasteiger partial charge on any atom is 0.254 e. The van der Waals surface area contributed by atoms with Crippen molar-refractivity contribution in [2.45, 2.75) is 6.92 Å². The molecule has 0 aliphatic rings. The third-order valence-electron chi connectivity index (χ3n) is 2.83. The molecule has 0 bridgehead atoms. The minimum atomic E-state index is -0.309. The van der Waals surface area contributed by atoms with Gasteiger partial charge in [-0.2, -0.15) is 0 Å². The minimum Gasteiger partial charge on any atom is -0.456 e. The largest absolute Gasteiger partial charge is 0.456 e. The first kappa shape index (κ1) is 13.9. The van der Waals surface area contributed by atoms with Crippen LogP contribution in [0.3, 0.4) is 0 Å². The maximum absolute atomic E-state index is 13.2. The lowest BCUT2D eigenvalue weighted by Gasteiger charge is -2.11. The Morgan fingerprint density at radius 1 is 1.25 bits per heavy atom. The van der Waals surface area contributed by atoms with Gasteiger partial charge in [0.1, 0.15) is 17.3 Å². The number of nitrogens with one attached hydrogen (secondary N) is 1. The van der Waals surface area contributed by atoms with Crippen LogP contribution in [0, 0.1) is 12.7 Å². The number of halogens is 1. The van der Waals surface area contributed by atoms with Crippen LogP contribution in [0.4, 0.5) is 10.1 Å². The van der Waals surface area contributed by atoms with Crippen molar-refractivity contribution < 1.29 is 13.9 Å². The van der Waals surface area contributed by atoms with E-state index in [1.54, 1.807) is 31.2 Å². The van der Waals surface area contributed by atoms with Gasteiger partial charge in [0.2, 0.25) is 0 Å². The lowest BCUT2D eigenvalue weighted by Crippen LogP contribution is -2.18. The topological polar surface area (TPSA) is 64.4 Å². The van der Waals surface area contributed by atoms with E-state index in [9.17, 15) is 9.18 Å². The van der Waals surface area contributed by atoms with Gasteiger partial charge in [0.25, 0.3) is 5.91 Å². The second-order valence-corrected chi connectivity index (χ2v) is 4.35. The van der Waals surface area contributed by atoms with Crippen molar-refractivity contribution in [1.82, 2.24) is 5.32 Å². The van der Waals surface area contributed by atoms with E-state index in [4.69, 9.17) is 10.5 Å². The molecule has 0 aromatic heterocycles. The Morgan fingerprint density at radius 3 is 2.65 bits per heavy atom. The van der Waals surface area contributed by atoms with E-state index in [0.717, 1.165) is 0 Å². The maximum atomic E-state index is 13.2. The molecule has 104 valence electrons. The average molecular weight is 274 g/mol. The zero-order chi connectivity index (χ0) is 14.7. The third-order valence-corrected chi connectivity index (χ3v) is 2.83. The van der Waals surface area contributed by atoms with Gasteiger partial charge in [-0.3, -0.25) is 4.79 Å². The summed E-state index contributed by atoms with van der Waals surface area (Å²) < 4.78 is 18.9. The second kappa shape index (κ2) is 5.61. The van der Waals surface area contributed by atoms with Crippen molar-refractivity contribution in [2.75, 3.05) is 12.8 Å². The number of anilines is 1. The predicted octanol–water partition coefficient (Wildman–Crippen LogP) is 2.87. The van der Waals surface area contributed by atoms with Crippen LogP contribution in [-0.4, -0.2) is 13.0 Å². The average Bonchev–Trinajstić information content (AvgIpc) is 2.42. The summed E-state index contributed by atoms with van der Waals surface area (Å²) in [6.07, 6.45) is 0. The summed E-state index contributed by atoms with van der Waals surface area (Å²) in [7, 11) is 1.53. The van der Waals surface area contributed by atoms with Crippen LogP contribution < -0.4 is 15.8 Å². The monoisotopic (exact) mass is 274 g/mol. The smallest absolute Gasteiger partial charge is 0.254 e. The van der Waals surface area contributed by atoms with Crippen molar-refractivity contribution in [1.29, 1.82) is 0 Å². The van der Waals surface area contributed by atoms with E-state index in [1.807, 2.05) is 0 Å². The zero-order valence-corrected chi connectivity index (χ0v) is 11.2. The molecule has 0 saturated heterocycles. The van der Waals surface area contributed by atoms with Crippen molar-refractivity contribution in [3.63, 3.8) is 0 Å². The third kappa shape index (κ3) is 2.88. The number of carbonyl (C=O) groups excluding carboxylic acids is 1. The summed E-state index contributed by atoms with van der Waals surface area (Å²) in [6.45, 7) is 1.64. The van der Waals surface area contributed by atoms with E-state index in [-0.39, 0.29) is 11.7 Å². The SMILES string of the molecule is CNC(=O)c1ccc(N)cc1Oc1ccc(F)c(C)c1. The van der Waals surface area contributed by atoms with E-state index in [1.165, 1.54) is 19.2 Å². The van der Waals surface area contributed by atoms with Crippen molar-refractivity contribution >= 4 is 11.6 Å². The molecule has 0 aliphatic heterocycles. The molecule has 0 spiro atoms. The van der Waals surface area contributed by atoms with Crippen LogP contribution in [0.25, 0.3) is 0 Å². The van der Waals surface area contributed by atoms with Gasteiger partial charge >= 0.3 is 0 Å². The van der Waals surface area contributed by atoms with Crippen LogP contribution >= 0.6 is 0 Å². The number of rotatable bonds is 3. The molecular formula is C15H15FN2O2. The number of benzene rings is 2. The highest BCUT2D eigenvalue weighted by molar-refractivity contribution is 5.97. The summed E-state index contributed by atoms with van der Waals surface area (Å²) in [5, 5.41) is 2.53. The second-order valence-electron chi connectivity index (χ2n) is 4.35. The Bertz CT molecular complexity index is 656. The van der Waals surface area contributed by atoms with Crippen LogP contribution in [-0.2, 0) is 0 Å². The van der Waals surface area contributed by atoms with Gasteiger partial charge in [-0.25, -0.2) is 4.39 Å². The lowest BCUT2D eigenvalue weighted by atomic mass is 10.1. The highest BCUT2D eigenvalue weighted by Gasteiger charge is 2.12. The Morgan fingerprint density at radius 2 is 2.00 bits per heavy atom. The summed E-state index contributed by atoms with van der Waals surface area (Å²) in [5.74, 6) is 0.185. The normalized spacial score (nSPS) is 10.2. The minimum absolute atomic E-state index is 0.279. The Kier molecular flexibility index (Phi) is 3.89. The first-order chi connectivity index (χ1) is 9.51. The molecule has 0 fully saturated rings. The van der Waals surface area contributed by atoms with Gasteiger partial charge in [-0.05, 0) is 42.8 Å². The van der Waals surface area contributed by atoms with E-state index in [0.29, 0.717) is 28.3 Å². The number of amides is 1. The summed E-state index contributed by atoms with van der Waals surface area (Å²) in [5.41, 5.74) is 7.01. The molecule has 0 heterocycles. The molecule has 4 nitrogen and oxygen atoms in total. The number of hydrogen-bond donors (Lipinski definition) is 2. The van der Waals surface area contributed by atoms with Crippen LogP contribution in [0.5, 0.6) is 11.5 Å². The van der Waals surface area contributed by atoms with Gasteiger partial charge in [-0.1, -0.05) is 0 Å². The van der Waals surface area contributed by atoms with Gasteiger partial charge in [0, 0.05) is 18.8 Å². The molecule has 2 aromatic carbocycles. The Balaban J connectivity index is 2.38. The lowest BCUT2D eigenvalue weighted by molar-refractivity contribution is 0.0961. The van der Waals surface area contributed by atoms with Crippen LogP contribution in [0.2, 0.25) is 0 Å². The van der Waals surface area contributed by atoms with Crippen LogP contribution in [0.15, 0.2) is 36.4 Å². The van der Waals surface area contributed by atoms with Gasteiger partial charge in [0.15, 0.2) is 0 Å². The molecule has 1 amide bonds. The summed E-state index contributed by atoms with van der Waals surface area (Å²) in [6, 6.07) is 9.14. The number of hydrogen-bond acceptors (Lipinski definition) is 3. The van der Waals surface area contributed by atoms with Crippen LogP contribution in [0.1, 0.15) is 15.9 Å². The molecule has 20 heavy (non-hydrogen) atoms. The highest BCUT2D eigenvalue weighted by atomic mass is 19.1. The molecule has 0 unspecified atom stereocenters. The fourth-order valence-electron chi connectivity index (χ4n) is 1.75. The standard InChI is InChI=1S/C15H15FN2O2/c1-9-7-11(4-6-13(9)16)20-14-8-10(17)3-5-12(14)15(19)18-2/h3-8H,17H2,1-2H3,(H,18,19). The molecule has 0 saturated carbocycles. The molecule has 5 heteroatoms. The predicted molar refractivity (Wildman–Crippen MR) is 75.5 cm³/mol. The summed E-state index contributed by atoms with van der Waals surface area (Å²) >= 11 is 0. The molecule has 0 radical (unpaired) electrons. The zero-order valence-electron chi connectivity index (χ0n) is 11.2.